The average molecular weight is 269 g/mol. The molecule has 19 heavy (non-hydrogen) atoms. The maximum Gasteiger partial charge on any atom is 0.0941 e. The average Bonchev–Trinajstić information content (AvgIpc) is 3.00. The van der Waals surface area contributed by atoms with Gasteiger partial charge in [0, 0.05) is 10.4 Å². The van der Waals surface area contributed by atoms with E-state index in [4.69, 9.17) is 5.73 Å². The molecule has 0 unspecified atom stereocenters. The van der Waals surface area contributed by atoms with Gasteiger partial charge in [-0.25, -0.2) is 0 Å². The number of nitrogens with two attached hydrogens (primary N) is 1. The van der Waals surface area contributed by atoms with Crippen LogP contribution in [0.1, 0.15) is 40.8 Å². The van der Waals surface area contributed by atoms with Crippen molar-refractivity contribution in [1.82, 2.24) is 0 Å². The Hall–Kier alpha value is -1.28. The van der Waals surface area contributed by atoms with E-state index in [0.717, 1.165) is 5.00 Å². The second kappa shape index (κ2) is 4.38. The molecule has 98 valence electrons. The lowest BCUT2D eigenvalue weighted by Gasteiger charge is -2.13. The summed E-state index contributed by atoms with van der Waals surface area (Å²) >= 11 is 1.82. The van der Waals surface area contributed by atoms with Crippen molar-refractivity contribution in [3.8, 4) is 11.1 Å². The van der Waals surface area contributed by atoms with Crippen LogP contribution in [0.25, 0.3) is 11.1 Å². The van der Waals surface area contributed by atoms with E-state index < -0.39 is 0 Å². The van der Waals surface area contributed by atoms with Gasteiger partial charge in [-0.15, -0.1) is 11.3 Å². The molecule has 0 radical (unpaired) electrons. The molecule has 1 aromatic carbocycles. The Morgan fingerprint density at radius 1 is 0.895 bits per heavy atom. The van der Waals surface area contributed by atoms with Gasteiger partial charge in [0.25, 0.3) is 0 Å². The van der Waals surface area contributed by atoms with Crippen LogP contribution < -0.4 is 5.73 Å². The standard InChI is InChI=1S/C17H19NS/c18-17-16(14-6-1-2-7-15(14)19-17)13-9-8-11-4-3-5-12(11)10-13/h8-10H,1-7,18H2. The van der Waals surface area contributed by atoms with Gasteiger partial charge in [-0.2, -0.15) is 0 Å². The number of anilines is 1. The highest BCUT2D eigenvalue weighted by Crippen LogP contribution is 2.43. The largest absolute Gasteiger partial charge is 0.390 e. The summed E-state index contributed by atoms with van der Waals surface area (Å²) in [5, 5.41) is 1.03. The summed E-state index contributed by atoms with van der Waals surface area (Å²) in [5.41, 5.74) is 13.7. The third-order valence-corrected chi connectivity index (χ3v) is 5.71. The third kappa shape index (κ3) is 1.81. The maximum atomic E-state index is 6.32. The maximum absolute atomic E-state index is 6.32. The van der Waals surface area contributed by atoms with Crippen molar-refractivity contribution < 1.29 is 0 Å². The summed E-state index contributed by atoms with van der Waals surface area (Å²) in [6.45, 7) is 0. The van der Waals surface area contributed by atoms with E-state index in [1.807, 2.05) is 11.3 Å². The van der Waals surface area contributed by atoms with E-state index in [-0.39, 0.29) is 0 Å². The van der Waals surface area contributed by atoms with Crippen LogP contribution in [-0.2, 0) is 25.7 Å². The van der Waals surface area contributed by atoms with Crippen molar-refractivity contribution in [3.05, 3.63) is 39.8 Å². The molecule has 2 heteroatoms. The molecule has 0 bridgehead atoms. The van der Waals surface area contributed by atoms with Gasteiger partial charge in [-0.05, 0) is 67.2 Å². The van der Waals surface area contributed by atoms with Gasteiger partial charge in [0.05, 0.1) is 5.00 Å². The summed E-state index contributed by atoms with van der Waals surface area (Å²) in [4.78, 5) is 1.54. The SMILES string of the molecule is Nc1sc2c(c1-c1ccc3c(c1)CCC3)CCCC2. The molecular weight excluding hydrogens is 250 g/mol. The monoisotopic (exact) mass is 269 g/mol. The highest BCUT2D eigenvalue weighted by atomic mass is 32.1. The number of thiophene rings is 1. The van der Waals surface area contributed by atoms with Crippen LogP contribution >= 0.6 is 11.3 Å². The van der Waals surface area contributed by atoms with E-state index in [1.165, 1.54) is 56.1 Å². The normalized spacial score (nSPS) is 17.3. The van der Waals surface area contributed by atoms with Crippen molar-refractivity contribution in [3.63, 3.8) is 0 Å². The van der Waals surface area contributed by atoms with Gasteiger partial charge in [-0.1, -0.05) is 18.2 Å². The lowest BCUT2D eigenvalue weighted by molar-refractivity contribution is 0.698. The minimum absolute atomic E-state index is 1.03. The minimum atomic E-state index is 1.03. The number of hydrogen-bond donors (Lipinski definition) is 1. The van der Waals surface area contributed by atoms with Gasteiger partial charge < -0.3 is 5.73 Å². The molecular formula is C17H19NS. The first kappa shape index (κ1) is 11.5. The molecule has 0 atom stereocenters. The zero-order valence-electron chi connectivity index (χ0n) is 11.2. The molecule has 2 aromatic rings. The molecule has 0 saturated carbocycles. The Morgan fingerprint density at radius 3 is 2.68 bits per heavy atom. The first-order valence-corrected chi connectivity index (χ1v) is 8.17. The molecule has 0 spiro atoms. The van der Waals surface area contributed by atoms with Crippen LogP contribution in [0.5, 0.6) is 0 Å². The van der Waals surface area contributed by atoms with Crippen LogP contribution in [0, 0.1) is 0 Å². The van der Waals surface area contributed by atoms with Crippen molar-refractivity contribution >= 4 is 16.3 Å². The lowest BCUT2D eigenvalue weighted by Crippen LogP contribution is -2.00. The van der Waals surface area contributed by atoms with Crippen LogP contribution in [0.4, 0.5) is 5.00 Å². The predicted octanol–water partition coefficient (Wildman–Crippen LogP) is 4.36. The first-order chi connectivity index (χ1) is 9.33. The van der Waals surface area contributed by atoms with Crippen LogP contribution in [0.2, 0.25) is 0 Å². The molecule has 2 aliphatic carbocycles. The summed E-state index contributed by atoms with van der Waals surface area (Å²) in [6, 6.07) is 7.01. The van der Waals surface area contributed by atoms with Gasteiger partial charge in [-0.3, -0.25) is 0 Å². The number of benzene rings is 1. The van der Waals surface area contributed by atoms with Crippen molar-refractivity contribution in [2.75, 3.05) is 5.73 Å². The van der Waals surface area contributed by atoms with Gasteiger partial charge in [0.1, 0.15) is 0 Å². The summed E-state index contributed by atoms with van der Waals surface area (Å²) in [7, 11) is 0. The molecule has 1 aromatic heterocycles. The fourth-order valence-corrected chi connectivity index (χ4v) is 4.81. The van der Waals surface area contributed by atoms with E-state index in [0.29, 0.717) is 0 Å². The lowest BCUT2D eigenvalue weighted by atomic mass is 9.91. The third-order valence-electron chi connectivity index (χ3n) is 4.59. The van der Waals surface area contributed by atoms with Crippen LogP contribution in [0.3, 0.4) is 0 Å². The number of hydrogen-bond acceptors (Lipinski definition) is 2. The van der Waals surface area contributed by atoms with E-state index in [1.54, 1.807) is 21.6 Å². The molecule has 1 nitrogen and oxygen atoms in total. The molecule has 1 heterocycles. The molecule has 2 aliphatic rings. The Labute approximate surface area is 118 Å². The molecule has 0 saturated heterocycles. The topological polar surface area (TPSA) is 26.0 Å². The number of aryl methyl sites for hydroxylation is 3. The van der Waals surface area contributed by atoms with Crippen LogP contribution in [0.15, 0.2) is 18.2 Å². The van der Waals surface area contributed by atoms with Crippen LogP contribution in [-0.4, -0.2) is 0 Å². The number of fused-ring (bicyclic) bond motifs is 2. The molecule has 2 N–H and O–H groups in total. The zero-order valence-corrected chi connectivity index (χ0v) is 12.0. The zero-order chi connectivity index (χ0) is 12.8. The van der Waals surface area contributed by atoms with Gasteiger partial charge in [0.2, 0.25) is 0 Å². The second-order valence-electron chi connectivity index (χ2n) is 5.79. The Bertz CT molecular complexity index is 639. The quantitative estimate of drug-likeness (QED) is 0.817. The molecule has 0 aliphatic heterocycles. The smallest absolute Gasteiger partial charge is 0.0941 e. The fraction of sp³-hybridized carbons (Fsp3) is 0.412. The predicted molar refractivity (Wildman–Crippen MR) is 82.8 cm³/mol. The first-order valence-electron chi connectivity index (χ1n) is 7.35. The van der Waals surface area contributed by atoms with Crippen molar-refractivity contribution in [2.24, 2.45) is 0 Å². The van der Waals surface area contributed by atoms with E-state index in [2.05, 4.69) is 18.2 Å². The molecule has 0 amide bonds. The van der Waals surface area contributed by atoms with Gasteiger partial charge >= 0.3 is 0 Å². The van der Waals surface area contributed by atoms with Crippen molar-refractivity contribution in [1.29, 1.82) is 0 Å². The molecule has 4 rings (SSSR count). The highest BCUT2D eigenvalue weighted by Gasteiger charge is 2.21. The molecule has 0 fully saturated rings. The number of rotatable bonds is 1. The summed E-state index contributed by atoms with van der Waals surface area (Å²) in [6.07, 6.45) is 8.92. The Kier molecular flexibility index (Phi) is 2.66. The fourth-order valence-electron chi connectivity index (χ4n) is 3.63. The second-order valence-corrected chi connectivity index (χ2v) is 6.92. The number of nitrogen functional groups attached to an aromatic ring is 1. The van der Waals surface area contributed by atoms with Crippen molar-refractivity contribution in [2.45, 2.75) is 44.9 Å². The van der Waals surface area contributed by atoms with E-state index >= 15 is 0 Å². The van der Waals surface area contributed by atoms with E-state index in [9.17, 15) is 0 Å². The Balaban J connectivity index is 1.86. The summed E-state index contributed by atoms with van der Waals surface area (Å²) < 4.78 is 0. The summed E-state index contributed by atoms with van der Waals surface area (Å²) in [5.74, 6) is 0. The highest BCUT2D eigenvalue weighted by molar-refractivity contribution is 7.16. The van der Waals surface area contributed by atoms with Gasteiger partial charge in [0.15, 0.2) is 0 Å². The minimum Gasteiger partial charge on any atom is -0.390 e. The Morgan fingerprint density at radius 2 is 1.74 bits per heavy atom.